The molecule has 0 radical (unpaired) electrons. The molecule has 1 fully saturated rings. The largest absolute Gasteiger partial charge is 0.465 e. The summed E-state index contributed by atoms with van der Waals surface area (Å²) in [7, 11) is 0. The second-order valence-corrected chi connectivity index (χ2v) is 8.67. The molecule has 1 aliphatic rings. The molecule has 4 heteroatoms. The molecule has 0 N–H and O–H groups in total. The fourth-order valence-corrected chi connectivity index (χ4v) is 3.51. The van der Waals surface area contributed by atoms with Gasteiger partial charge in [0, 0.05) is 0 Å². The van der Waals surface area contributed by atoms with Crippen molar-refractivity contribution in [3.8, 4) is 0 Å². The molecule has 0 heterocycles. The second-order valence-electron chi connectivity index (χ2n) is 8.67. The lowest BCUT2D eigenvalue weighted by Gasteiger charge is -2.26. The van der Waals surface area contributed by atoms with Gasteiger partial charge in [-0.2, -0.15) is 0 Å². The van der Waals surface area contributed by atoms with Crippen molar-refractivity contribution in [3.05, 3.63) is 0 Å². The molecule has 26 heavy (non-hydrogen) atoms. The van der Waals surface area contributed by atoms with Crippen LogP contribution in [0.3, 0.4) is 0 Å². The molecule has 0 aromatic heterocycles. The third-order valence-electron chi connectivity index (χ3n) is 5.18. The number of hydrogen-bond donors (Lipinski definition) is 0. The number of ether oxygens (including phenoxy) is 2. The first-order valence-corrected chi connectivity index (χ1v) is 10.7. The average molecular weight is 369 g/mol. The highest BCUT2D eigenvalue weighted by atomic mass is 16.5. The lowest BCUT2D eigenvalue weighted by molar-refractivity contribution is -0.155. The van der Waals surface area contributed by atoms with Gasteiger partial charge in [-0.15, -0.1) is 0 Å². The zero-order valence-electron chi connectivity index (χ0n) is 17.4. The smallest absolute Gasteiger partial charge is 0.308 e. The molecule has 0 amide bonds. The van der Waals surface area contributed by atoms with E-state index in [0.717, 1.165) is 44.9 Å². The predicted molar refractivity (Wildman–Crippen MR) is 105 cm³/mol. The van der Waals surface area contributed by atoms with Crippen LogP contribution < -0.4 is 0 Å². The van der Waals surface area contributed by atoms with Crippen LogP contribution in [0.2, 0.25) is 0 Å². The molecular formula is C22H40O4. The summed E-state index contributed by atoms with van der Waals surface area (Å²) in [6.45, 7) is 9.84. The van der Waals surface area contributed by atoms with Crippen molar-refractivity contribution in [2.45, 2.75) is 91.9 Å². The van der Waals surface area contributed by atoms with E-state index in [9.17, 15) is 9.59 Å². The van der Waals surface area contributed by atoms with E-state index in [2.05, 4.69) is 27.7 Å². The maximum absolute atomic E-state index is 12.3. The van der Waals surface area contributed by atoms with Gasteiger partial charge in [-0.3, -0.25) is 9.59 Å². The molecule has 0 unspecified atom stereocenters. The first kappa shape index (κ1) is 23.0. The van der Waals surface area contributed by atoms with Gasteiger partial charge in [0.05, 0.1) is 25.0 Å². The van der Waals surface area contributed by atoms with E-state index in [1.165, 1.54) is 12.8 Å². The predicted octanol–water partition coefficient (Wildman–Crippen LogP) is 5.53. The maximum Gasteiger partial charge on any atom is 0.308 e. The summed E-state index contributed by atoms with van der Waals surface area (Å²) >= 11 is 0. The van der Waals surface area contributed by atoms with Crippen molar-refractivity contribution in [2.24, 2.45) is 23.7 Å². The Kier molecular flexibility index (Phi) is 11.6. The van der Waals surface area contributed by atoms with Crippen molar-refractivity contribution in [3.63, 3.8) is 0 Å². The lowest BCUT2D eigenvalue weighted by Crippen LogP contribution is -2.30. The summed E-state index contributed by atoms with van der Waals surface area (Å²) in [5.41, 5.74) is 0. The van der Waals surface area contributed by atoms with Gasteiger partial charge in [0.25, 0.3) is 0 Å². The van der Waals surface area contributed by atoms with Crippen LogP contribution in [0.4, 0.5) is 0 Å². The van der Waals surface area contributed by atoms with Gasteiger partial charge in [-0.1, -0.05) is 47.0 Å². The van der Waals surface area contributed by atoms with E-state index < -0.39 is 0 Å². The third-order valence-corrected chi connectivity index (χ3v) is 5.18. The summed E-state index contributed by atoms with van der Waals surface area (Å²) in [5.74, 6) is 0.884. The fourth-order valence-electron chi connectivity index (χ4n) is 3.51. The normalized spacial score (nSPS) is 20.4. The monoisotopic (exact) mass is 368 g/mol. The molecular weight excluding hydrogens is 328 g/mol. The number of hydrogen-bond acceptors (Lipinski definition) is 4. The average Bonchev–Trinajstić information content (AvgIpc) is 2.60. The van der Waals surface area contributed by atoms with Crippen LogP contribution >= 0.6 is 0 Å². The van der Waals surface area contributed by atoms with Crippen molar-refractivity contribution in [1.29, 1.82) is 0 Å². The van der Waals surface area contributed by atoms with Crippen LogP contribution in [0.5, 0.6) is 0 Å². The molecule has 1 aliphatic carbocycles. The standard InChI is InChI=1S/C22H40O4/c1-17(2)10-5-7-14-25-21(23)19-12-9-13-20(16-19)22(24)26-15-8-6-11-18(3)4/h17-20H,5-16H2,1-4H3/t19-,20-/m0/s1. The number of carbonyl (C=O) groups is 2. The first-order chi connectivity index (χ1) is 12.4. The Hall–Kier alpha value is -1.06. The van der Waals surface area contributed by atoms with Crippen molar-refractivity contribution >= 4 is 11.9 Å². The van der Waals surface area contributed by atoms with Crippen LogP contribution in [0.1, 0.15) is 91.9 Å². The van der Waals surface area contributed by atoms with Gasteiger partial charge in [-0.25, -0.2) is 0 Å². The van der Waals surface area contributed by atoms with Crippen molar-refractivity contribution in [2.75, 3.05) is 13.2 Å². The Morgan fingerprint density at radius 1 is 0.769 bits per heavy atom. The number of rotatable bonds is 12. The van der Waals surface area contributed by atoms with Crippen LogP contribution in [-0.4, -0.2) is 25.2 Å². The SMILES string of the molecule is CC(C)CCCCOC(=O)[C@H]1CCC[C@H](C(=O)OCCCCC(C)C)C1. The Labute approximate surface area is 160 Å². The van der Waals surface area contributed by atoms with E-state index in [1.54, 1.807) is 0 Å². The zero-order chi connectivity index (χ0) is 19.4. The van der Waals surface area contributed by atoms with E-state index in [4.69, 9.17) is 9.47 Å². The number of unbranched alkanes of at least 4 members (excludes halogenated alkanes) is 2. The molecule has 0 saturated heterocycles. The molecule has 0 aromatic carbocycles. The van der Waals surface area contributed by atoms with Crippen molar-refractivity contribution < 1.29 is 19.1 Å². The first-order valence-electron chi connectivity index (χ1n) is 10.7. The molecule has 1 saturated carbocycles. The summed E-state index contributed by atoms with van der Waals surface area (Å²) in [4.78, 5) is 24.5. The molecule has 1 rings (SSSR count). The molecule has 0 bridgehead atoms. The molecule has 4 nitrogen and oxygen atoms in total. The quantitative estimate of drug-likeness (QED) is 0.335. The lowest BCUT2D eigenvalue weighted by atomic mass is 9.81. The van der Waals surface area contributed by atoms with E-state index in [-0.39, 0.29) is 23.8 Å². The Morgan fingerprint density at radius 2 is 1.19 bits per heavy atom. The van der Waals surface area contributed by atoms with Crippen molar-refractivity contribution in [1.82, 2.24) is 0 Å². The summed E-state index contributed by atoms with van der Waals surface area (Å²) in [6.07, 6.45) is 9.57. The summed E-state index contributed by atoms with van der Waals surface area (Å²) in [6, 6.07) is 0. The highest BCUT2D eigenvalue weighted by Gasteiger charge is 2.32. The van der Waals surface area contributed by atoms with Gasteiger partial charge < -0.3 is 9.47 Å². The number of carbonyl (C=O) groups excluding carboxylic acids is 2. The van der Waals surface area contributed by atoms with Crippen LogP contribution in [0, 0.1) is 23.7 Å². The Bertz CT molecular complexity index is 367. The van der Waals surface area contributed by atoms with E-state index in [1.807, 2.05) is 0 Å². The van der Waals surface area contributed by atoms with Crippen LogP contribution in [0.25, 0.3) is 0 Å². The minimum absolute atomic E-state index is 0.121. The highest BCUT2D eigenvalue weighted by Crippen LogP contribution is 2.31. The van der Waals surface area contributed by atoms with Gasteiger partial charge >= 0.3 is 11.9 Å². The maximum atomic E-state index is 12.3. The summed E-state index contributed by atoms with van der Waals surface area (Å²) in [5, 5.41) is 0. The van der Waals surface area contributed by atoms with Gasteiger partial charge in [0.15, 0.2) is 0 Å². The van der Waals surface area contributed by atoms with E-state index in [0.29, 0.717) is 31.5 Å². The summed E-state index contributed by atoms with van der Waals surface area (Å²) < 4.78 is 10.9. The molecule has 152 valence electrons. The minimum Gasteiger partial charge on any atom is -0.465 e. The fraction of sp³-hybridized carbons (Fsp3) is 0.909. The van der Waals surface area contributed by atoms with Gasteiger partial charge in [0.2, 0.25) is 0 Å². The van der Waals surface area contributed by atoms with Gasteiger partial charge in [0.1, 0.15) is 0 Å². The topological polar surface area (TPSA) is 52.6 Å². The Morgan fingerprint density at radius 3 is 1.58 bits per heavy atom. The minimum atomic E-state index is -0.132. The van der Waals surface area contributed by atoms with E-state index >= 15 is 0 Å². The van der Waals surface area contributed by atoms with Crippen LogP contribution in [0.15, 0.2) is 0 Å². The highest BCUT2D eigenvalue weighted by molar-refractivity contribution is 5.76. The number of esters is 2. The zero-order valence-corrected chi connectivity index (χ0v) is 17.4. The molecule has 0 aliphatic heterocycles. The molecule has 2 atom stereocenters. The van der Waals surface area contributed by atoms with Gasteiger partial charge in [-0.05, 0) is 56.8 Å². The second kappa shape index (κ2) is 13.2. The molecule has 0 spiro atoms. The van der Waals surface area contributed by atoms with Crippen LogP contribution in [-0.2, 0) is 19.1 Å². The molecule has 0 aromatic rings. The third kappa shape index (κ3) is 10.2. The Balaban J connectivity index is 2.21.